The van der Waals surface area contributed by atoms with Gasteiger partial charge < -0.3 is 10.1 Å². The van der Waals surface area contributed by atoms with Crippen molar-refractivity contribution in [3.05, 3.63) is 29.8 Å². The lowest BCUT2D eigenvalue weighted by Gasteiger charge is -2.05. The van der Waals surface area contributed by atoms with Crippen LogP contribution in [0.4, 0.5) is 5.69 Å². The fourth-order valence-electron chi connectivity index (χ4n) is 1.42. The van der Waals surface area contributed by atoms with E-state index in [0.29, 0.717) is 24.3 Å². The fourth-order valence-corrected chi connectivity index (χ4v) is 2.13. The zero-order valence-corrected chi connectivity index (χ0v) is 12.0. The number of anilines is 1. The molecule has 0 spiro atoms. The molecule has 0 unspecified atom stereocenters. The number of nitrogens with zero attached hydrogens (tertiary/aromatic N) is 1. The summed E-state index contributed by atoms with van der Waals surface area (Å²) in [6, 6.07) is 9.22. The number of benzene rings is 1. The number of carbonyl (C=O) groups is 2. The number of methoxy groups -OCH3 is 1. The number of ether oxygens (including phenoxy) is 1. The van der Waals surface area contributed by atoms with Crippen molar-refractivity contribution in [3.8, 4) is 6.07 Å². The second-order valence-corrected chi connectivity index (χ2v) is 5.06. The fraction of sp³-hybridized carbons (Fsp3) is 0.357. The summed E-state index contributed by atoms with van der Waals surface area (Å²) in [5, 5.41) is 11.3. The maximum absolute atomic E-state index is 11.6. The molecule has 0 saturated heterocycles. The van der Waals surface area contributed by atoms with E-state index in [2.05, 4.69) is 16.1 Å². The van der Waals surface area contributed by atoms with Crippen molar-refractivity contribution in [1.82, 2.24) is 0 Å². The Morgan fingerprint density at radius 2 is 2.05 bits per heavy atom. The van der Waals surface area contributed by atoms with E-state index in [1.807, 2.05) is 12.1 Å². The lowest BCUT2D eigenvalue weighted by atomic mass is 10.1. The molecule has 106 valence electrons. The number of nitrogens with one attached hydrogen (secondary N) is 1. The largest absolute Gasteiger partial charge is 0.469 e. The molecule has 0 fully saturated rings. The molecular weight excluding hydrogens is 276 g/mol. The van der Waals surface area contributed by atoms with Gasteiger partial charge in [0.25, 0.3) is 0 Å². The van der Waals surface area contributed by atoms with Crippen LogP contribution in [-0.4, -0.2) is 30.5 Å². The highest BCUT2D eigenvalue weighted by molar-refractivity contribution is 7.99. The zero-order chi connectivity index (χ0) is 14.8. The van der Waals surface area contributed by atoms with Crippen LogP contribution in [0.25, 0.3) is 0 Å². The number of amides is 1. The van der Waals surface area contributed by atoms with Crippen LogP contribution in [-0.2, 0) is 20.7 Å². The van der Waals surface area contributed by atoms with Crippen molar-refractivity contribution in [1.29, 1.82) is 5.26 Å². The minimum Gasteiger partial charge on any atom is -0.469 e. The van der Waals surface area contributed by atoms with Crippen LogP contribution in [0.5, 0.6) is 0 Å². The van der Waals surface area contributed by atoms with Crippen LogP contribution < -0.4 is 5.32 Å². The number of carbonyl (C=O) groups excluding carboxylic acids is 2. The summed E-state index contributed by atoms with van der Waals surface area (Å²) in [6.45, 7) is 0. The van der Waals surface area contributed by atoms with Gasteiger partial charge in [-0.2, -0.15) is 17.0 Å². The Hall–Kier alpha value is -2.00. The van der Waals surface area contributed by atoms with Gasteiger partial charge in [0.2, 0.25) is 5.91 Å². The van der Waals surface area contributed by atoms with Gasteiger partial charge in [0, 0.05) is 11.4 Å². The van der Waals surface area contributed by atoms with Crippen LogP contribution in [0.2, 0.25) is 0 Å². The summed E-state index contributed by atoms with van der Waals surface area (Å²) in [7, 11) is 1.34. The molecule has 1 amide bonds. The highest BCUT2D eigenvalue weighted by Gasteiger charge is 2.05. The van der Waals surface area contributed by atoms with Crippen LogP contribution in [0.3, 0.4) is 0 Å². The monoisotopic (exact) mass is 292 g/mol. The summed E-state index contributed by atoms with van der Waals surface area (Å²) in [4.78, 5) is 22.5. The van der Waals surface area contributed by atoms with E-state index in [-0.39, 0.29) is 17.6 Å². The van der Waals surface area contributed by atoms with Gasteiger partial charge in [-0.15, -0.1) is 0 Å². The van der Waals surface area contributed by atoms with Crippen molar-refractivity contribution in [2.24, 2.45) is 0 Å². The van der Waals surface area contributed by atoms with E-state index in [9.17, 15) is 9.59 Å². The van der Waals surface area contributed by atoms with Crippen molar-refractivity contribution >= 4 is 29.3 Å². The van der Waals surface area contributed by atoms with Crippen molar-refractivity contribution in [3.63, 3.8) is 0 Å². The van der Waals surface area contributed by atoms with Gasteiger partial charge in [-0.1, -0.05) is 12.1 Å². The minimum absolute atomic E-state index is 0.118. The van der Waals surface area contributed by atoms with Gasteiger partial charge in [-0.05, 0) is 17.7 Å². The van der Waals surface area contributed by atoms with Crippen molar-refractivity contribution < 1.29 is 14.3 Å². The van der Waals surface area contributed by atoms with Crippen molar-refractivity contribution in [2.75, 3.05) is 23.9 Å². The van der Waals surface area contributed by atoms with E-state index in [1.165, 1.54) is 18.9 Å². The van der Waals surface area contributed by atoms with Gasteiger partial charge in [-0.25, -0.2) is 0 Å². The number of hydrogen-bond acceptors (Lipinski definition) is 5. The van der Waals surface area contributed by atoms with Crippen LogP contribution >= 0.6 is 11.8 Å². The molecule has 0 aromatic heterocycles. The first kappa shape index (κ1) is 16.1. The lowest BCUT2D eigenvalue weighted by Crippen LogP contribution is -2.14. The Bertz CT molecular complexity index is 494. The molecule has 0 aliphatic rings. The van der Waals surface area contributed by atoms with Crippen LogP contribution in [0.1, 0.15) is 12.0 Å². The Kier molecular flexibility index (Phi) is 7.22. The first-order valence-electron chi connectivity index (χ1n) is 6.06. The summed E-state index contributed by atoms with van der Waals surface area (Å²) in [6.07, 6.45) is 0.662. The maximum atomic E-state index is 11.6. The molecule has 6 heteroatoms. The van der Waals surface area contributed by atoms with Gasteiger partial charge in [-0.3, -0.25) is 9.59 Å². The SMILES string of the molecule is COC(=O)CCSCC(=O)Nc1ccc(CC#N)cc1. The Labute approximate surface area is 122 Å². The molecule has 5 nitrogen and oxygen atoms in total. The average Bonchev–Trinajstić information content (AvgIpc) is 2.45. The van der Waals surface area contributed by atoms with E-state index in [0.717, 1.165) is 5.56 Å². The third-order valence-corrected chi connectivity index (χ3v) is 3.39. The predicted octanol–water partition coefficient (Wildman–Crippen LogP) is 1.99. The van der Waals surface area contributed by atoms with Gasteiger partial charge in [0.05, 0.1) is 31.8 Å². The molecule has 0 aliphatic carbocycles. The van der Waals surface area contributed by atoms with Gasteiger partial charge in [0.1, 0.15) is 0 Å². The smallest absolute Gasteiger partial charge is 0.306 e. The Morgan fingerprint density at radius 1 is 1.35 bits per heavy atom. The minimum atomic E-state index is -0.272. The standard InChI is InChI=1S/C14H16N2O3S/c1-19-14(18)7-9-20-10-13(17)16-12-4-2-11(3-5-12)6-8-15/h2-5H,6-7,9-10H2,1H3,(H,16,17). The molecule has 1 aromatic rings. The molecular formula is C14H16N2O3S. The van der Waals surface area contributed by atoms with E-state index in [4.69, 9.17) is 5.26 Å². The van der Waals surface area contributed by atoms with E-state index in [1.54, 1.807) is 12.1 Å². The first-order valence-corrected chi connectivity index (χ1v) is 7.21. The number of hydrogen-bond donors (Lipinski definition) is 1. The molecule has 0 saturated carbocycles. The topological polar surface area (TPSA) is 79.2 Å². The highest BCUT2D eigenvalue weighted by Crippen LogP contribution is 2.11. The third kappa shape index (κ3) is 6.25. The van der Waals surface area contributed by atoms with E-state index >= 15 is 0 Å². The number of nitriles is 1. The quantitative estimate of drug-likeness (QED) is 0.614. The third-order valence-electron chi connectivity index (χ3n) is 2.43. The second kappa shape index (κ2) is 8.99. The average molecular weight is 292 g/mol. The normalized spacial score (nSPS) is 9.60. The molecule has 0 heterocycles. The lowest BCUT2D eigenvalue weighted by molar-refractivity contribution is -0.140. The molecule has 1 N–H and O–H groups in total. The molecule has 1 aromatic carbocycles. The Balaban J connectivity index is 2.28. The van der Waals surface area contributed by atoms with E-state index < -0.39 is 0 Å². The number of rotatable bonds is 7. The molecule has 0 aliphatic heterocycles. The summed E-state index contributed by atoms with van der Waals surface area (Å²) >= 11 is 1.38. The molecule has 0 atom stereocenters. The molecule has 1 rings (SSSR count). The van der Waals surface area contributed by atoms with Gasteiger partial charge >= 0.3 is 5.97 Å². The maximum Gasteiger partial charge on any atom is 0.306 e. The first-order chi connectivity index (χ1) is 9.65. The Morgan fingerprint density at radius 3 is 2.65 bits per heavy atom. The number of thioether (sulfide) groups is 1. The number of esters is 1. The molecule has 0 bridgehead atoms. The predicted molar refractivity (Wildman–Crippen MR) is 78.3 cm³/mol. The second-order valence-electron chi connectivity index (χ2n) is 3.96. The molecule has 20 heavy (non-hydrogen) atoms. The summed E-state index contributed by atoms with van der Waals surface area (Å²) in [5.41, 5.74) is 1.61. The highest BCUT2D eigenvalue weighted by atomic mass is 32.2. The van der Waals surface area contributed by atoms with Gasteiger partial charge in [0.15, 0.2) is 0 Å². The summed E-state index contributed by atoms with van der Waals surface area (Å²) in [5.74, 6) is 0.455. The van der Waals surface area contributed by atoms with Crippen LogP contribution in [0, 0.1) is 11.3 Å². The zero-order valence-electron chi connectivity index (χ0n) is 11.2. The van der Waals surface area contributed by atoms with Crippen LogP contribution in [0.15, 0.2) is 24.3 Å². The molecule has 0 radical (unpaired) electrons. The van der Waals surface area contributed by atoms with Crippen molar-refractivity contribution in [2.45, 2.75) is 12.8 Å². The summed E-state index contributed by atoms with van der Waals surface area (Å²) < 4.78 is 4.51.